The molecular weight excluding hydrogens is 593 g/mol. The summed E-state index contributed by atoms with van der Waals surface area (Å²) in [7, 11) is 0. The van der Waals surface area contributed by atoms with Gasteiger partial charge in [0.25, 0.3) is 5.91 Å². The summed E-state index contributed by atoms with van der Waals surface area (Å²) >= 11 is 0. The number of halogens is 6. The molecule has 13 heteroatoms. The molecule has 1 atom stereocenters. The Labute approximate surface area is 251 Å². The molecule has 3 heterocycles. The molecule has 1 fully saturated rings. The summed E-state index contributed by atoms with van der Waals surface area (Å²) < 4.78 is 71.9. The molecule has 4 aromatic rings. The second-order valence-corrected chi connectivity index (χ2v) is 10.0. The number of rotatable bonds is 8. The number of carbonyl (C=O) groups is 1. The highest BCUT2D eigenvalue weighted by atomic mass is 35.5. The van der Waals surface area contributed by atoms with Gasteiger partial charge in [0.15, 0.2) is 0 Å². The summed E-state index contributed by atoms with van der Waals surface area (Å²) in [5.41, 5.74) is 2.98. The van der Waals surface area contributed by atoms with Gasteiger partial charge in [0.05, 0.1) is 11.4 Å². The lowest BCUT2D eigenvalue weighted by Crippen LogP contribution is -2.53. The predicted octanol–water partition coefficient (Wildman–Crippen LogP) is 6.53. The molecule has 0 unspecified atom stereocenters. The van der Waals surface area contributed by atoms with Gasteiger partial charge in [-0.3, -0.25) is 9.20 Å². The van der Waals surface area contributed by atoms with E-state index >= 15 is 4.39 Å². The van der Waals surface area contributed by atoms with Crippen LogP contribution in [0.25, 0.3) is 5.65 Å². The van der Waals surface area contributed by atoms with Crippen molar-refractivity contribution in [1.29, 1.82) is 0 Å². The van der Waals surface area contributed by atoms with E-state index in [0.717, 1.165) is 12.1 Å². The lowest BCUT2D eigenvalue weighted by Gasteiger charge is -2.43. The Kier molecular flexibility index (Phi) is 9.69. The second kappa shape index (κ2) is 13.1. The lowest BCUT2D eigenvalue weighted by atomic mass is 10.1. The Morgan fingerprint density at radius 1 is 1.05 bits per heavy atom. The van der Waals surface area contributed by atoms with Crippen molar-refractivity contribution in [3.63, 3.8) is 0 Å². The summed E-state index contributed by atoms with van der Waals surface area (Å²) in [6, 6.07) is 13.1. The number of nitrogens with zero attached hydrogens (tertiary/aromatic N) is 4. The summed E-state index contributed by atoms with van der Waals surface area (Å²) in [4.78, 5) is 21.4. The molecular formula is C30H31ClF5N5O2. The van der Waals surface area contributed by atoms with Crippen molar-refractivity contribution in [2.24, 2.45) is 0 Å². The first kappa shape index (κ1) is 31.9. The number of aryl methyl sites for hydroxylation is 1. The van der Waals surface area contributed by atoms with E-state index in [4.69, 9.17) is 0 Å². The molecule has 1 aliphatic heterocycles. The van der Waals surface area contributed by atoms with Gasteiger partial charge in [0.1, 0.15) is 28.7 Å². The van der Waals surface area contributed by atoms with Crippen molar-refractivity contribution in [1.82, 2.24) is 14.7 Å². The summed E-state index contributed by atoms with van der Waals surface area (Å²) in [5, 5.41) is 2.81. The molecule has 5 rings (SSSR count). The number of pyridine rings is 1. The van der Waals surface area contributed by atoms with E-state index in [9.17, 15) is 22.4 Å². The number of hydrogen-bond acceptors (Lipinski definition) is 5. The van der Waals surface area contributed by atoms with Gasteiger partial charge in [-0.2, -0.15) is 0 Å². The van der Waals surface area contributed by atoms with Crippen molar-refractivity contribution >= 4 is 35.3 Å². The highest BCUT2D eigenvalue weighted by Crippen LogP contribution is 2.30. The zero-order chi connectivity index (χ0) is 30.0. The average Bonchev–Trinajstić information content (AvgIpc) is 3.33. The van der Waals surface area contributed by atoms with Crippen LogP contribution in [0.1, 0.15) is 42.0 Å². The molecule has 0 bridgehead atoms. The van der Waals surface area contributed by atoms with Gasteiger partial charge in [-0.15, -0.1) is 25.6 Å². The molecule has 1 aliphatic rings. The first-order valence-corrected chi connectivity index (χ1v) is 13.7. The maximum Gasteiger partial charge on any atom is 0.573 e. The first-order valence-electron chi connectivity index (χ1n) is 13.7. The Hall–Kier alpha value is -4.06. The van der Waals surface area contributed by atoms with E-state index in [0.29, 0.717) is 54.3 Å². The maximum atomic E-state index is 15.3. The maximum absolute atomic E-state index is 15.3. The molecule has 0 aliphatic carbocycles. The van der Waals surface area contributed by atoms with E-state index in [-0.39, 0.29) is 30.7 Å². The number of alkyl halides is 3. The fourth-order valence-corrected chi connectivity index (χ4v) is 5.34. The van der Waals surface area contributed by atoms with Crippen LogP contribution < -0.4 is 19.9 Å². The zero-order valence-electron chi connectivity index (χ0n) is 23.5. The van der Waals surface area contributed by atoms with Crippen LogP contribution in [0, 0.1) is 11.6 Å². The quantitative estimate of drug-likeness (QED) is 0.226. The van der Waals surface area contributed by atoms with Crippen LogP contribution in [0.2, 0.25) is 0 Å². The number of fused-ring (bicyclic) bond motifs is 1. The minimum atomic E-state index is -4.75. The van der Waals surface area contributed by atoms with E-state index < -0.39 is 23.9 Å². The Bertz CT molecular complexity index is 1580. The highest BCUT2D eigenvalue weighted by molar-refractivity contribution is 5.94. The number of piperazine rings is 1. The van der Waals surface area contributed by atoms with Crippen molar-refractivity contribution in [2.75, 3.05) is 29.4 Å². The van der Waals surface area contributed by atoms with Gasteiger partial charge < -0.3 is 19.9 Å². The number of ether oxygens (including phenoxy) is 1. The fraction of sp³-hybridized carbons (Fsp3) is 0.333. The van der Waals surface area contributed by atoms with Gasteiger partial charge in [-0.25, -0.2) is 13.8 Å². The minimum absolute atomic E-state index is 0. The molecule has 0 spiro atoms. The van der Waals surface area contributed by atoms with E-state index in [2.05, 4.69) is 19.9 Å². The van der Waals surface area contributed by atoms with Crippen LogP contribution in [0.3, 0.4) is 0 Å². The van der Waals surface area contributed by atoms with Crippen LogP contribution in [-0.2, 0) is 13.0 Å². The van der Waals surface area contributed by atoms with Gasteiger partial charge in [-0.1, -0.05) is 19.9 Å². The summed E-state index contributed by atoms with van der Waals surface area (Å²) in [5.74, 6) is -1.54. The third kappa shape index (κ3) is 7.12. The molecule has 2 aromatic carbocycles. The summed E-state index contributed by atoms with van der Waals surface area (Å²) in [6.45, 7) is 5.55. The number of carbonyl (C=O) groups excluding carboxylic acids is 1. The van der Waals surface area contributed by atoms with Crippen LogP contribution in [-0.4, -0.2) is 47.3 Å². The summed E-state index contributed by atoms with van der Waals surface area (Å²) in [6.07, 6.45) is -2.06. The molecule has 43 heavy (non-hydrogen) atoms. The molecule has 0 saturated carbocycles. The average molecular weight is 624 g/mol. The third-order valence-corrected chi connectivity index (χ3v) is 7.37. The number of imidazole rings is 1. The van der Waals surface area contributed by atoms with Crippen molar-refractivity contribution in [3.8, 4) is 5.75 Å². The molecule has 1 N–H and O–H groups in total. The minimum Gasteiger partial charge on any atom is -0.406 e. The van der Waals surface area contributed by atoms with E-state index in [1.165, 1.54) is 40.9 Å². The standard InChI is InChI=1S/C30H30F5N5O2.ClH/c1-3-21-18-38(13-14-39(21)22-6-8-23(9-7-22)42-30(33,34)35)26-10-5-19(15-24(26)32)17-36-29(41)28-25(4-2)37-27-16-20(31)11-12-40(27)28;/h5-12,15-16,21H,3-4,13-14,17-18H2,1-2H3,(H,36,41);1H/t21-;/m0./s1. The van der Waals surface area contributed by atoms with Gasteiger partial charge >= 0.3 is 6.36 Å². The molecule has 0 radical (unpaired) electrons. The smallest absolute Gasteiger partial charge is 0.406 e. The molecule has 2 aromatic heterocycles. The second-order valence-electron chi connectivity index (χ2n) is 10.0. The number of nitrogens with one attached hydrogen (secondary N) is 1. The highest BCUT2D eigenvalue weighted by Gasteiger charge is 2.32. The van der Waals surface area contributed by atoms with Gasteiger partial charge in [0.2, 0.25) is 0 Å². The number of aromatic nitrogens is 2. The largest absolute Gasteiger partial charge is 0.573 e. The Balaban J connectivity index is 0.00000423. The molecule has 1 amide bonds. The topological polar surface area (TPSA) is 62.1 Å². The lowest BCUT2D eigenvalue weighted by molar-refractivity contribution is -0.274. The molecule has 230 valence electrons. The van der Waals surface area contributed by atoms with Gasteiger partial charge in [-0.05, 0) is 60.9 Å². The number of benzene rings is 2. The normalized spacial score (nSPS) is 15.4. The SMILES string of the molecule is CCc1nc2cc(F)ccn2c1C(=O)NCc1ccc(N2CCN(c3ccc(OC(F)(F)F)cc3)[C@@H](CC)C2)c(F)c1.Cl. The molecule has 1 saturated heterocycles. The predicted molar refractivity (Wildman–Crippen MR) is 156 cm³/mol. The first-order chi connectivity index (χ1) is 20.1. The number of hydrogen-bond donors (Lipinski definition) is 1. The number of anilines is 2. The number of amides is 1. The van der Waals surface area contributed by atoms with Crippen LogP contribution in [0.5, 0.6) is 5.75 Å². The van der Waals surface area contributed by atoms with Crippen LogP contribution >= 0.6 is 12.4 Å². The third-order valence-electron chi connectivity index (χ3n) is 7.37. The van der Waals surface area contributed by atoms with Crippen LogP contribution in [0.4, 0.5) is 33.3 Å². The Morgan fingerprint density at radius 2 is 1.79 bits per heavy atom. The van der Waals surface area contributed by atoms with Crippen molar-refractivity contribution in [3.05, 3.63) is 89.4 Å². The zero-order valence-corrected chi connectivity index (χ0v) is 24.3. The van der Waals surface area contributed by atoms with Crippen LogP contribution in [0.15, 0.2) is 60.8 Å². The van der Waals surface area contributed by atoms with Crippen molar-refractivity contribution < 1.29 is 31.5 Å². The van der Waals surface area contributed by atoms with E-state index in [1.807, 2.05) is 18.7 Å². The monoisotopic (exact) mass is 623 g/mol. The van der Waals surface area contributed by atoms with E-state index in [1.54, 1.807) is 24.3 Å². The Morgan fingerprint density at radius 3 is 2.44 bits per heavy atom. The molecule has 7 nitrogen and oxygen atoms in total. The van der Waals surface area contributed by atoms with Gasteiger partial charge in [0, 0.05) is 50.2 Å². The van der Waals surface area contributed by atoms with Crippen molar-refractivity contribution in [2.45, 2.75) is 45.6 Å². The fourth-order valence-electron chi connectivity index (χ4n) is 5.34.